The van der Waals surface area contributed by atoms with Gasteiger partial charge in [0, 0.05) is 19.5 Å². The number of hydrogen-bond donors (Lipinski definition) is 1. The molecule has 6 heteroatoms. The summed E-state index contributed by atoms with van der Waals surface area (Å²) >= 11 is 0. The molecule has 0 saturated carbocycles. The second-order valence-electron chi connectivity index (χ2n) is 8.61. The van der Waals surface area contributed by atoms with Gasteiger partial charge in [0.25, 0.3) is 0 Å². The van der Waals surface area contributed by atoms with E-state index in [1.165, 1.54) is 25.7 Å². The number of carbonyl (C=O) groups excluding carboxylic acids is 2. The maximum absolute atomic E-state index is 12.2. The number of likely N-dealkylation sites (tertiary alicyclic amines) is 1. The number of amides is 1. The van der Waals surface area contributed by atoms with Crippen molar-refractivity contribution >= 4 is 12.1 Å². The lowest BCUT2D eigenvalue weighted by atomic mass is 10.0. The van der Waals surface area contributed by atoms with Crippen LogP contribution in [0.1, 0.15) is 85.5 Å². The SMILES string of the molecule is CC(C)CCCCCC(CCC(=O)OC(C)C)OC(=O)NCCN1CCCC1. The van der Waals surface area contributed by atoms with Crippen molar-refractivity contribution in [3.05, 3.63) is 0 Å². The number of unbranched alkanes of at least 4 members (excludes halogenated alkanes) is 2. The standard InChI is InChI=1S/C22H42N2O4/c1-18(2)10-6-5-7-11-20(12-13-21(25)27-19(3)4)28-22(26)23-14-17-24-15-8-9-16-24/h18-20H,5-17H2,1-4H3,(H,23,26). The second kappa shape index (κ2) is 14.7. The van der Waals surface area contributed by atoms with E-state index in [1.807, 2.05) is 13.8 Å². The molecule has 0 spiro atoms. The molecule has 1 aliphatic heterocycles. The summed E-state index contributed by atoms with van der Waals surface area (Å²) in [5.41, 5.74) is 0. The molecule has 0 bridgehead atoms. The second-order valence-corrected chi connectivity index (χ2v) is 8.61. The lowest BCUT2D eigenvalue weighted by Crippen LogP contribution is -2.35. The summed E-state index contributed by atoms with van der Waals surface area (Å²) in [4.78, 5) is 26.3. The Morgan fingerprint density at radius 3 is 2.25 bits per heavy atom. The molecule has 164 valence electrons. The Labute approximate surface area is 171 Å². The molecule has 1 fully saturated rings. The van der Waals surface area contributed by atoms with E-state index in [0.29, 0.717) is 13.0 Å². The van der Waals surface area contributed by atoms with Crippen LogP contribution in [0.2, 0.25) is 0 Å². The van der Waals surface area contributed by atoms with E-state index < -0.39 is 0 Å². The fourth-order valence-electron chi connectivity index (χ4n) is 3.48. The molecule has 0 radical (unpaired) electrons. The highest BCUT2D eigenvalue weighted by atomic mass is 16.6. The molecule has 1 N–H and O–H groups in total. The van der Waals surface area contributed by atoms with Gasteiger partial charge in [-0.15, -0.1) is 0 Å². The van der Waals surface area contributed by atoms with Crippen molar-refractivity contribution in [3.63, 3.8) is 0 Å². The first-order valence-electron chi connectivity index (χ1n) is 11.2. The highest BCUT2D eigenvalue weighted by Gasteiger charge is 2.18. The first-order valence-corrected chi connectivity index (χ1v) is 11.2. The number of esters is 1. The minimum Gasteiger partial charge on any atom is -0.463 e. The largest absolute Gasteiger partial charge is 0.463 e. The molecule has 1 rings (SSSR count). The van der Waals surface area contributed by atoms with Crippen LogP contribution in [0.5, 0.6) is 0 Å². The van der Waals surface area contributed by atoms with E-state index in [2.05, 4.69) is 24.1 Å². The molecule has 1 aliphatic rings. The fraction of sp³-hybridized carbons (Fsp3) is 0.909. The van der Waals surface area contributed by atoms with Crippen LogP contribution in [0.25, 0.3) is 0 Å². The predicted octanol–water partition coefficient (Wildman–Crippen LogP) is 4.52. The zero-order valence-electron chi connectivity index (χ0n) is 18.5. The number of nitrogens with one attached hydrogen (secondary N) is 1. The van der Waals surface area contributed by atoms with Crippen LogP contribution in [0.15, 0.2) is 0 Å². The van der Waals surface area contributed by atoms with Gasteiger partial charge >= 0.3 is 12.1 Å². The van der Waals surface area contributed by atoms with Crippen molar-refractivity contribution < 1.29 is 19.1 Å². The lowest BCUT2D eigenvalue weighted by Gasteiger charge is -2.19. The van der Waals surface area contributed by atoms with Crippen molar-refractivity contribution in [2.24, 2.45) is 5.92 Å². The van der Waals surface area contributed by atoms with Gasteiger partial charge in [-0.25, -0.2) is 4.79 Å². The van der Waals surface area contributed by atoms with Crippen molar-refractivity contribution in [1.29, 1.82) is 0 Å². The van der Waals surface area contributed by atoms with Crippen molar-refractivity contribution in [1.82, 2.24) is 10.2 Å². The number of rotatable bonds is 14. The van der Waals surface area contributed by atoms with Crippen LogP contribution in [-0.2, 0) is 14.3 Å². The smallest absolute Gasteiger partial charge is 0.407 e. The summed E-state index contributed by atoms with van der Waals surface area (Å²) in [6, 6.07) is 0. The van der Waals surface area contributed by atoms with Gasteiger partial charge in [0.05, 0.1) is 6.10 Å². The van der Waals surface area contributed by atoms with Crippen LogP contribution in [0, 0.1) is 5.92 Å². The molecular formula is C22H42N2O4. The Bertz CT molecular complexity index is 434. The lowest BCUT2D eigenvalue weighted by molar-refractivity contribution is -0.148. The fourth-order valence-corrected chi connectivity index (χ4v) is 3.48. The summed E-state index contributed by atoms with van der Waals surface area (Å²) in [5.74, 6) is 0.497. The van der Waals surface area contributed by atoms with Gasteiger partial charge in [0.2, 0.25) is 0 Å². The van der Waals surface area contributed by atoms with E-state index in [0.717, 1.165) is 44.8 Å². The van der Waals surface area contributed by atoms with Crippen LogP contribution < -0.4 is 5.32 Å². The van der Waals surface area contributed by atoms with Gasteiger partial charge in [-0.3, -0.25) is 4.79 Å². The number of nitrogens with zero attached hydrogens (tertiary/aromatic N) is 1. The summed E-state index contributed by atoms with van der Waals surface area (Å²) in [6.45, 7) is 11.9. The minimum absolute atomic E-state index is 0.114. The van der Waals surface area contributed by atoms with Gasteiger partial charge in [-0.2, -0.15) is 0 Å². The first kappa shape index (κ1) is 24.7. The van der Waals surface area contributed by atoms with Crippen LogP contribution in [0.3, 0.4) is 0 Å². The molecule has 1 heterocycles. The van der Waals surface area contributed by atoms with E-state index in [-0.39, 0.29) is 30.7 Å². The normalized spacial score (nSPS) is 15.8. The van der Waals surface area contributed by atoms with Gasteiger partial charge in [0.1, 0.15) is 6.10 Å². The third kappa shape index (κ3) is 13.0. The van der Waals surface area contributed by atoms with Gasteiger partial charge < -0.3 is 19.7 Å². The average molecular weight is 399 g/mol. The zero-order chi connectivity index (χ0) is 20.8. The summed E-state index contributed by atoms with van der Waals surface area (Å²) in [6.07, 6.45) is 7.95. The van der Waals surface area contributed by atoms with Gasteiger partial charge in [-0.05, 0) is 65.0 Å². The van der Waals surface area contributed by atoms with Crippen LogP contribution in [-0.4, -0.2) is 55.3 Å². The Morgan fingerprint density at radius 1 is 0.929 bits per heavy atom. The van der Waals surface area contributed by atoms with E-state index >= 15 is 0 Å². The average Bonchev–Trinajstić information content (AvgIpc) is 3.11. The Balaban J connectivity index is 2.32. The molecule has 0 aromatic rings. The molecule has 0 aliphatic carbocycles. The molecule has 1 saturated heterocycles. The molecule has 0 aromatic heterocycles. The summed E-state index contributed by atoms with van der Waals surface area (Å²) < 4.78 is 10.8. The topological polar surface area (TPSA) is 67.9 Å². The number of hydrogen-bond acceptors (Lipinski definition) is 5. The highest BCUT2D eigenvalue weighted by molar-refractivity contribution is 5.70. The predicted molar refractivity (Wildman–Crippen MR) is 112 cm³/mol. The summed E-state index contributed by atoms with van der Waals surface area (Å²) in [5, 5.41) is 2.86. The zero-order valence-corrected chi connectivity index (χ0v) is 18.5. The number of alkyl carbamates (subject to hydrolysis) is 1. The minimum atomic E-state index is -0.372. The molecule has 1 unspecified atom stereocenters. The maximum atomic E-state index is 12.2. The van der Waals surface area contributed by atoms with Crippen molar-refractivity contribution in [2.75, 3.05) is 26.2 Å². The van der Waals surface area contributed by atoms with E-state index in [4.69, 9.17) is 9.47 Å². The Hall–Kier alpha value is -1.30. The van der Waals surface area contributed by atoms with Crippen LogP contribution >= 0.6 is 0 Å². The monoisotopic (exact) mass is 398 g/mol. The third-order valence-corrected chi connectivity index (χ3v) is 5.01. The third-order valence-electron chi connectivity index (χ3n) is 5.01. The summed E-state index contributed by atoms with van der Waals surface area (Å²) in [7, 11) is 0. The first-order chi connectivity index (χ1) is 13.4. The Morgan fingerprint density at radius 2 is 1.61 bits per heavy atom. The maximum Gasteiger partial charge on any atom is 0.407 e. The molecule has 1 atom stereocenters. The van der Waals surface area contributed by atoms with Crippen molar-refractivity contribution in [3.8, 4) is 0 Å². The van der Waals surface area contributed by atoms with Gasteiger partial charge in [-0.1, -0.05) is 33.1 Å². The molecule has 1 amide bonds. The molecule has 6 nitrogen and oxygen atoms in total. The van der Waals surface area contributed by atoms with E-state index in [9.17, 15) is 9.59 Å². The molecule has 0 aromatic carbocycles. The Kier molecular flexibility index (Phi) is 13.0. The quantitative estimate of drug-likeness (QED) is 0.344. The molecule has 28 heavy (non-hydrogen) atoms. The van der Waals surface area contributed by atoms with E-state index in [1.54, 1.807) is 0 Å². The molecular weight excluding hydrogens is 356 g/mol. The van der Waals surface area contributed by atoms with Crippen molar-refractivity contribution in [2.45, 2.75) is 97.7 Å². The number of ether oxygens (including phenoxy) is 2. The van der Waals surface area contributed by atoms with Crippen LogP contribution in [0.4, 0.5) is 4.79 Å². The highest BCUT2D eigenvalue weighted by Crippen LogP contribution is 2.16. The van der Waals surface area contributed by atoms with Gasteiger partial charge in [0.15, 0.2) is 0 Å². The number of carbonyl (C=O) groups is 2.